The van der Waals surface area contributed by atoms with Gasteiger partial charge in [0, 0.05) is 31.5 Å². The molecule has 0 spiro atoms. The zero-order valence-electron chi connectivity index (χ0n) is 16.6. The normalized spacial score (nSPS) is 18.4. The molecular formula is C23H23F3N2O2. The molecule has 0 unspecified atom stereocenters. The summed E-state index contributed by atoms with van der Waals surface area (Å²) in [6.45, 7) is 0.938. The SMILES string of the molecule is COCCNC(=O)CC1CC(c2c(-c3ccc(F)cc3)[nH]c3c(F)cc(F)cc23)C1. The van der Waals surface area contributed by atoms with Crippen molar-refractivity contribution in [2.24, 2.45) is 5.92 Å². The van der Waals surface area contributed by atoms with Gasteiger partial charge < -0.3 is 15.0 Å². The average molecular weight is 416 g/mol. The number of rotatable bonds is 7. The maximum Gasteiger partial charge on any atom is 0.220 e. The molecule has 3 aromatic rings. The molecule has 4 nitrogen and oxygen atoms in total. The minimum Gasteiger partial charge on any atom is -0.383 e. The van der Waals surface area contributed by atoms with Gasteiger partial charge in [-0.15, -0.1) is 0 Å². The monoisotopic (exact) mass is 416 g/mol. The van der Waals surface area contributed by atoms with Gasteiger partial charge in [-0.2, -0.15) is 0 Å². The van der Waals surface area contributed by atoms with Crippen LogP contribution >= 0.6 is 0 Å². The van der Waals surface area contributed by atoms with Gasteiger partial charge in [0.2, 0.25) is 5.91 Å². The highest BCUT2D eigenvalue weighted by molar-refractivity contribution is 5.92. The fourth-order valence-electron chi connectivity index (χ4n) is 4.27. The summed E-state index contributed by atoms with van der Waals surface area (Å²) in [5.41, 5.74) is 2.45. The molecule has 1 saturated carbocycles. The molecule has 1 aliphatic carbocycles. The van der Waals surface area contributed by atoms with E-state index < -0.39 is 11.6 Å². The number of ether oxygens (including phenoxy) is 1. The van der Waals surface area contributed by atoms with Crippen molar-refractivity contribution >= 4 is 16.8 Å². The summed E-state index contributed by atoms with van der Waals surface area (Å²) in [7, 11) is 1.58. The topological polar surface area (TPSA) is 54.1 Å². The summed E-state index contributed by atoms with van der Waals surface area (Å²) >= 11 is 0. The lowest BCUT2D eigenvalue weighted by Gasteiger charge is -2.36. The predicted molar refractivity (Wildman–Crippen MR) is 109 cm³/mol. The molecule has 1 fully saturated rings. The minimum atomic E-state index is -0.659. The Kier molecular flexibility index (Phi) is 5.81. The van der Waals surface area contributed by atoms with Crippen molar-refractivity contribution in [3.8, 4) is 11.3 Å². The van der Waals surface area contributed by atoms with Gasteiger partial charge in [0.1, 0.15) is 17.5 Å². The molecule has 7 heteroatoms. The number of H-pyrrole nitrogens is 1. The number of aromatic nitrogens is 1. The van der Waals surface area contributed by atoms with Crippen LogP contribution in [0.2, 0.25) is 0 Å². The second-order valence-electron chi connectivity index (χ2n) is 7.81. The smallest absolute Gasteiger partial charge is 0.220 e. The average Bonchev–Trinajstić information content (AvgIpc) is 3.04. The number of nitrogens with one attached hydrogen (secondary N) is 2. The number of carbonyl (C=O) groups is 1. The molecule has 1 heterocycles. The number of amides is 1. The number of carbonyl (C=O) groups excluding carboxylic acids is 1. The van der Waals surface area contributed by atoms with Crippen LogP contribution in [-0.4, -0.2) is 31.2 Å². The number of fused-ring (bicyclic) bond motifs is 1. The van der Waals surface area contributed by atoms with Gasteiger partial charge in [-0.25, -0.2) is 13.2 Å². The van der Waals surface area contributed by atoms with E-state index >= 15 is 0 Å². The summed E-state index contributed by atoms with van der Waals surface area (Å²) in [5, 5.41) is 3.31. The molecule has 30 heavy (non-hydrogen) atoms. The van der Waals surface area contributed by atoms with E-state index in [0.717, 1.165) is 24.5 Å². The van der Waals surface area contributed by atoms with Crippen molar-refractivity contribution in [2.75, 3.05) is 20.3 Å². The number of aromatic amines is 1. The molecule has 1 aliphatic rings. The van der Waals surface area contributed by atoms with Gasteiger partial charge in [0.05, 0.1) is 17.8 Å². The van der Waals surface area contributed by atoms with Gasteiger partial charge in [0.15, 0.2) is 0 Å². The molecule has 158 valence electrons. The van der Waals surface area contributed by atoms with Crippen LogP contribution in [0.25, 0.3) is 22.2 Å². The van der Waals surface area contributed by atoms with Crippen molar-refractivity contribution in [3.05, 3.63) is 59.4 Å². The van der Waals surface area contributed by atoms with Gasteiger partial charge in [-0.1, -0.05) is 0 Å². The Morgan fingerprint density at radius 3 is 2.57 bits per heavy atom. The lowest BCUT2D eigenvalue weighted by atomic mass is 9.69. The van der Waals surface area contributed by atoms with Crippen molar-refractivity contribution < 1.29 is 22.7 Å². The Labute approximate surface area is 172 Å². The maximum atomic E-state index is 14.4. The van der Waals surface area contributed by atoms with Crippen LogP contribution in [0, 0.1) is 23.4 Å². The Bertz CT molecular complexity index is 1060. The maximum absolute atomic E-state index is 14.4. The van der Waals surface area contributed by atoms with E-state index in [4.69, 9.17) is 4.74 Å². The Hall–Kier alpha value is -2.80. The third-order valence-electron chi connectivity index (χ3n) is 5.74. The quantitative estimate of drug-likeness (QED) is 0.539. The van der Waals surface area contributed by atoms with Crippen molar-refractivity contribution in [1.29, 1.82) is 0 Å². The molecule has 2 aromatic carbocycles. The number of hydrogen-bond acceptors (Lipinski definition) is 2. The first kappa shape index (κ1) is 20.5. The second-order valence-corrected chi connectivity index (χ2v) is 7.81. The minimum absolute atomic E-state index is 0.0229. The third-order valence-corrected chi connectivity index (χ3v) is 5.74. The van der Waals surface area contributed by atoms with E-state index in [1.54, 1.807) is 19.2 Å². The standard InChI is InChI=1S/C23H23F3N2O2/c1-30-7-6-27-20(29)10-13-8-15(9-13)21-18-11-17(25)12-19(26)23(18)28-22(21)14-2-4-16(24)5-3-14/h2-5,11-13,15,28H,6-10H2,1H3,(H,27,29). The van der Waals surface area contributed by atoms with Crippen molar-refractivity contribution in [3.63, 3.8) is 0 Å². The molecule has 1 aromatic heterocycles. The van der Waals surface area contributed by atoms with Gasteiger partial charge >= 0.3 is 0 Å². The first-order valence-corrected chi connectivity index (χ1v) is 9.98. The van der Waals surface area contributed by atoms with Gasteiger partial charge in [-0.3, -0.25) is 4.79 Å². The van der Waals surface area contributed by atoms with Crippen LogP contribution in [0.5, 0.6) is 0 Å². The summed E-state index contributed by atoms with van der Waals surface area (Å²) in [6.07, 6.45) is 1.91. The molecule has 4 rings (SSSR count). The highest BCUT2D eigenvalue weighted by atomic mass is 19.1. The number of hydrogen-bond donors (Lipinski definition) is 2. The lowest BCUT2D eigenvalue weighted by molar-refractivity contribution is -0.122. The Balaban J connectivity index is 1.60. The Morgan fingerprint density at radius 1 is 1.13 bits per heavy atom. The van der Waals surface area contributed by atoms with E-state index in [2.05, 4.69) is 10.3 Å². The van der Waals surface area contributed by atoms with Crippen LogP contribution in [0.1, 0.15) is 30.7 Å². The molecule has 0 aliphatic heterocycles. The molecule has 0 saturated heterocycles. The molecule has 0 bridgehead atoms. The highest BCUT2D eigenvalue weighted by Crippen LogP contribution is 2.49. The van der Waals surface area contributed by atoms with E-state index in [0.29, 0.717) is 36.2 Å². The summed E-state index contributed by atoms with van der Waals surface area (Å²) in [5.74, 6) is -1.41. The molecule has 1 amide bonds. The van der Waals surface area contributed by atoms with E-state index in [1.807, 2.05) is 0 Å². The number of methoxy groups -OCH3 is 1. The Morgan fingerprint density at radius 2 is 1.87 bits per heavy atom. The van der Waals surface area contributed by atoms with Crippen LogP contribution in [0.15, 0.2) is 36.4 Å². The first-order chi connectivity index (χ1) is 14.5. The zero-order valence-corrected chi connectivity index (χ0v) is 16.6. The summed E-state index contributed by atoms with van der Waals surface area (Å²) < 4.78 is 46.7. The van der Waals surface area contributed by atoms with E-state index in [-0.39, 0.29) is 29.1 Å². The molecule has 0 atom stereocenters. The molecule has 2 N–H and O–H groups in total. The van der Waals surface area contributed by atoms with Crippen LogP contribution in [0.4, 0.5) is 13.2 Å². The number of benzene rings is 2. The third kappa shape index (κ3) is 4.07. The predicted octanol–water partition coefficient (Wildman–Crippen LogP) is 4.90. The largest absolute Gasteiger partial charge is 0.383 e. The van der Waals surface area contributed by atoms with Gasteiger partial charge in [-0.05, 0) is 66.1 Å². The lowest BCUT2D eigenvalue weighted by Crippen LogP contribution is -2.32. The van der Waals surface area contributed by atoms with E-state index in [1.165, 1.54) is 18.2 Å². The first-order valence-electron chi connectivity index (χ1n) is 9.98. The molecular weight excluding hydrogens is 393 g/mol. The fourth-order valence-corrected chi connectivity index (χ4v) is 4.27. The summed E-state index contributed by atoms with van der Waals surface area (Å²) in [4.78, 5) is 15.1. The van der Waals surface area contributed by atoms with Crippen LogP contribution in [0.3, 0.4) is 0 Å². The zero-order chi connectivity index (χ0) is 21.3. The van der Waals surface area contributed by atoms with Crippen LogP contribution in [-0.2, 0) is 9.53 Å². The highest BCUT2D eigenvalue weighted by Gasteiger charge is 2.35. The van der Waals surface area contributed by atoms with Crippen molar-refractivity contribution in [2.45, 2.75) is 25.2 Å². The van der Waals surface area contributed by atoms with E-state index in [9.17, 15) is 18.0 Å². The fraction of sp³-hybridized carbons (Fsp3) is 0.348. The number of halogens is 3. The van der Waals surface area contributed by atoms with Crippen LogP contribution < -0.4 is 5.32 Å². The summed E-state index contributed by atoms with van der Waals surface area (Å²) in [6, 6.07) is 8.12. The second kappa shape index (κ2) is 8.52. The van der Waals surface area contributed by atoms with Crippen molar-refractivity contribution in [1.82, 2.24) is 10.3 Å². The van der Waals surface area contributed by atoms with Gasteiger partial charge in [0.25, 0.3) is 0 Å². The molecule has 0 radical (unpaired) electrons.